The van der Waals surface area contributed by atoms with Crippen LogP contribution in [0.3, 0.4) is 0 Å². The number of benzene rings is 1. The smallest absolute Gasteiger partial charge is 0.273 e. The Balaban J connectivity index is 1.82. The Morgan fingerprint density at radius 3 is 2.61 bits per heavy atom. The van der Waals surface area contributed by atoms with Crippen LogP contribution in [0.25, 0.3) is 0 Å². The number of rotatable bonds is 5. The molecule has 0 unspecified atom stereocenters. The number of aryl methyl sites for hydroxylation is 3. The Morgan fingerprint density at radius 2 is 1.96 bits per heavy atom. The third kappa shape index (κ3) is 4.63. The van der Waals surface area contributed by atoms with E-state index in [0.717, 1.165) is 16.9 Å². The minimum Gasteiger partial charge on any atom is -0.273 e. The van der Waals surface area contributed by atoms with Gasteiger partial charge in [-0.2, -0.15) is 0 Å². The summed E-state index contributed by atoms with van der Waals surface area (Å²) >= 11 is 1.42. The quantitative estimate of drug-likeness (QED) is 0.825. The Bertz CT molecular complexity index is 712. The van der Waals surface area contributed by atoms with Crippen molar-refractivity contribution < 1.29 is 14.0 Å². The third-order valence-electron chi connectivity index (χ3n) is 3.46. The van der Waals surface area contributed by atoms with Gasteiger partial charge in [-0.15, -0.1) is 11.3 Å². The van der Waals surface area contributed by atoms with Gasteiger partial charge in [-0.1, -0.05) is 25.1 Å². The number of hydrazine groups is 1. The van der Waals surface area contributed by atoms with E-state index in [0.29, 0.717) is 10.4 Å². The molecule has 2 aromatic rings. The zero-order valence-electron chi connectivity index (χ0n) is 13.1. The average molecular weight is 334 g/mol. The second kappa shape index (κ2) is 7.87. The molecular weight excluding hydrogens is 315 g/mol. The highest BCUT2D eigenvalue weighted by atomic mass is 32.1. The molecule has 0 radical (unpaired) electrons. The van der Waals surface area contributed by atoms with Crippen LogP contribution in [0.15, 0.2) is 30.3 Å². The molecule has 1 aromatic heterocycles. The van der Waals surface area contributed by atoms with Gasteiger partial charge in [0.2, 0.25) is 5.91 Å². The van der Waals surface area contributed by atoms with Gasteiger partial charge in [0.05, 0.1) is 4.88 Å². The molecule has 6 heteroatoms. The first-order valence-electron chi connectivity index (χ1n) is 7.43. The summed E-state index contributed by atoms with van der Waals surface area (Å²) in [6.07, 6.45) is 1.26. The standard InChI is InChI=1S/C17H19FN2O2S/c1-3-14-11(2)10-15(23-14)17(22)20-19-16(21)9-8-12-6-4-5-7-13(12)18/h4-7,10H,3,8-9H2,1-2H3,(H,19,21)(H,20,22). The Kier molecular flexibility index (Phi) is 5.87. The Labute approximate surface area is 138 Å². The monoisotopic (exact) mass is 334 g/mol. The molecule has 2 amide bonds. The highest BCUT2D eigenvalue weighted by Gasteiger charge is 2.12. The zero-order valence-corrected chi connectivity index (χ0v) is 13.9. The van der Waals surface area contributed by atoms with Crippen LogP contribution < -0.4 is 10.9 Å². The number of carbonyl (C=O) groups is 2. The maximum Gasteiger partial charge on any atom is 0.279 e. The average Bonchev–Trinajstić information content (AvgIpc) is 2.93. The van der Waals surface area contributed by atoms with Gasteiger partial charge in [0.25, 0.3) is 5.91 Å². The normalized spacial score (nSPS) is 10.4. The maximum atomic E-state index is 13.4. The zero-order chi connectivity index (χ0) is 16.8. The molecular formula is C17H19FN2O2S. The van der Waals surface area contributed by atoms with Crippen LogP contribution in [0.5, 0.6) is 0 Å². The summed E-state index contributed by atoms with van der Waals surface area (Å²) < 4.78 is 13.4. The van der Waals surface area contributed by atoms with Crippen molar-refractivity contribution in [2.75, 3.05) is 0 Å². The molecule has 0 bridgehead atoms. The van der Waals surface area contributed by atoms with Crippen molar-refractivity contribution in [2.24, 2.45) is 0 Å². The van der Waals surface area contributed by atoms with Crippen molar-refractivity contribution in [2.45, 2.75) is 33.1 Å². The lowest BCUT2D eigenvalue weighted by atomic mass is 10.1. The van der Waals surface area contributed by atoms with Gasteiger partial charge < -0.3 is 0 Å². The second-order valence-corrected chi connectivity index (χ2v) is 6.30. The summed E-state index contributed by atoms with van der Waals surface area (Å²) in [6, 6.07) is 8.14. The van der Waals surface area contributed by atoms with Crippen molar-refractivity contribution in [1.29, 1.82) is 0 Å². The van der Waals surface area contributed by atoms with Crippen molar-refractivity contribution >= 4 is 23.2 Å². The van der Waals surface area contributed by atoms with Crippen LogP contribution >= 0.6 is 11.3 Å². The molecule has 0 aliphatic carbocycles. The first-order chi connectivity index (χ1) is 11.0. The molecule has 122 valence electrons. The molecule has 0 spiro atoms. The Morgan fingerprint density at radius 1 is 1.22 bits per heavy atom. The van der Waals surface area contributed by atoms with Crippen LogP contribution in [0.2, 0.25) is 0 Å². The lowest BCUT2D eigenvalue weighted by Crippen LogP contribution is -2.41. The van der Waals surface area contributed by atoms with E-state index >= 15 is 0 Å². The van der Waals surface area contributed by atoms with Gasteiger partial charge in [-0.3, -0.25) is 20.4 Å². The van der Waals surface area contributed by atoms with Gasteiger partial charge in [-0.05, 0) is 43.0 Å². The molecule has 2 rings (SSSR count). The van der Waals surface area contributed by atoms with E-state index in [1.54, 1.807) is 18.2 Å². The van der Waals surface area contributed by atoms with Crippen LogP contribution in [0.4, 0.5) is 4.39 Å². The summed E-state index contributed by atoms with van der Waals surface area (Å²) in [5.41, 5.74) is 6.31. The fraction of sp³-hybridized carbons (Fsp3) is 0.294. The summed E-state index contributed by atoms with van der Waals surface area (Å²) in [5, 5.41) is 0. The minimum atomic E-state index is -0.356. The van der Waals surface area contributed by atoms with E-state index in [1.807, 2.05) is 19.9 Å². The van der Waals surface area contributed by atoms with Gasteiger partial charge in [0.1, 0.15) is 5.82 Å². The first kappa shape index (κ1) is 17.1. The predicted molar refractivity (Wildman–Crippen MR) is 88.8 cm³/mol. The molecule has 0 saturated carbocycles. The van der Waals surface area contributed by atoms with Crippen molar-refractivity contribution in [3.8, 4) is 0 Å². The molecule has 23 heavy (non-hydrogen) atoms. The topological polar surface area (TPSA) is 58.2 Å². The number of hydrogen-bond donors (Lipinski definition) is 2. The van der Waals surface area contributed by atoms with Crippen molar-refractivity contribution in [3.05, 3.63) is 57.0 Å². The summed E-state index contributed by atoms with van der Waals surface area (Å²) in [6.45, 7) is 3.99. The number of hydrogen-bond acceptors (Lipinski definition) is 3. The summed E-state index contributed by atoms with van der Waals surface area (Å²) in [4.78, 5) is 25.4. The van der Waals surface area contributed by atoms with E-state index in [2.05, 4.69) is 10.9 Å². The number of nitrogens with one attached hydrogen (secondary N) is 2. The van der Waals surface area contributed by atoms with Crippen molar-refractivity contribution in [1.82, 2.24) is 10.9 Å². The number of halogens is 1. The summed E-state index contributed by atoms with van der Waals surface area (Å²) in [5.74, 6) is -1.02. The molecule has 2 N–H and O–H groups in total. The molecule has 0 atom stereocenters. The van der Waals surface area contributed by atoms with E-state index in [-0.39, 0.29) is 30.5 Å². The van der Waals surface area contributed by atoms with E-state index in [4.69, 9.17) is 0 Å². The van der Waals surface area contributed by atoms with Gasteiger partial charge >= 0.3 is 0 Å². The second-order valence-electron chi connectivity index (χ2n) is 5.16. The SMILES string of the molecule is CCc1sc(C(=O)NNC(=O)CCc2ccccc2F)cc1C. The summed E-state index contributed by atoms with van der Waals surface area (Å²) in [7, 11) is 0. The van der Waals surface area contributed by atoms with E-state index < -0.39 is 0 Å². The van der Waals surface area contributed by atoms with E-state index in [1.165, 1.54) is 17.4 Å². The number of amides is 2. The predicted octanol–water partition coefficient (Wildman–Crippen LogP) is 3.15. The molecule has 1 heterocycles. The minimum absolute atomic E-state index is 0.102. The van der Waals surface area contributed by atoms with Gasteiger partial charge in [-0.25, -0.2) is 4.39 Å². The molecule has 4 nitrogen and oxygen atoms in total. The third-order valence-corrected chi connectivity index (χ3v) is 4.84. The van der Waals surface area contributed by atoms with Crippen LogP contribution in [0, 0.1) is 12.7 Å². The number of carbonyl (C=O) groups excluding carboxylic acids is 2. The molecule has 0 aliphatic heterocycles. The molecule has 0 fully saturated rings. The van der Waals surface area contributed by atoms with E-state index in [9.17, 15) is 14.0 Å². The van der Waals surface area contributed by atoms with Crippen LogP contribution in [-0.2, 0) is 17.6 Å². The molecule has 0 aliphatic rings. The highest BCUT2D eigenvalue weighted by molar-refractivity contribution is 7.14. The fourth-order valence-corrected chi connectivity index (χ4v) is 3.19. The first-order valence-corrected chi connectivity index (χ1v) is 8.24. The maximum absolute atomic E-state index is 13.4. The van der Waals surface area contributed by atoms with Crippen LogP contribution in [0.1, 0.15) is 39.0 Å². The lowest BCUT2D eigenvalue weighted by molar-refractivity contribution is -0.121. The fourth-order valence-electron chi connectivity index (χ4n) is 2.18. The van der Waals surface area contributed by atoms with Crippen LogP contribution in [-0.4, -0.2) is 11.8 Å². The van der Waals surface area contributed by atoms with Gasteiger partial charge in [0, 0.05) is 11.3 Å². The lowest BCUT2D eigenvalue weighted by Gasteiger charge is -2.06. The number of thiophene rings is 1. The molecule has 1 aromatic carbocycles. The van der Waals surface area contributed by atoms with Crippen molar-refractivity contribution in [3.63, 3.8) is 0 Å². The van der Waals surface area contributed by atoms with Gasteiger partial charge in [0.15, 0.2) is 0 Å². The molecule has 0 saturated heterocycles. The largest absolute Gasteiger partial charge is 0.279 e. The highest BCUT2D eigenvalue weighted by Crippen LogP contribution is 2.21. The Hall–Kier alpha value is -2.21.